The van der Waals surface area contributed by atoms with Crippen LogP contribution in [-0.4, -0.2) is 19.5 Å². The maximum atomic E-state index is 15.1. The second-order valence-electron chi connectivity index (χ2n) is 11.4. The normalized spacial score (nSPS) is 17.2. The Labute approximate surface area is 244 Å². The van der Waals surface area contributed by atoms with Gasteiger partial charge in [0.25, 0.3) is 0 Å². The summed E-state index contributed by atoms with van der Waals surface area (Å²) in [6.45, 7) is 5.25. The predicted molar refractivity (Wildman–Crippen MR) is 161 cm³/mol. The molecule has 1 aliphatic rings. The molecule has 2 nitrogen and oxygen atoms in total. The average molecular weight is 567 g/mol. The van der Waals surface area contributed by atoms with Crippen LogP contribution in [0, 0.1) is 17.5 Å². The lowest BCUT2D eigenvalue weighted by atomic mass is 9.94. The summed E-state index contributed by atoms with van der Waals surface area (Å²) in [5.41, 5.74) is 3.39. The van der Waals surface area contributed by atoms with E-state index in [9.17, 15) is 4.39 Å². The summed E-state index contributed by atoms with van der Waals surface area (Å²) in [6, 6.07) is 15.7. The monoisotopic (exact) mass is 566 g/mol. The first-order valence-corrected chi connectivity index (χ1v) is 15.6. The Balaban J connectivity index is 1.34. The second-order valence-corrected chi connectivity index (χ2v) is 11.4. The van der Waals surface area contributed by atoms with Crippen molar-refractivity contribution in [2.24, 2.45) is 0 Å². The summed E-state index contributed by atoms with van der Waals surface area (Å²) in [7, 11) is 0. The Morgan fingerprint density at radius 2 is 1.24 bits per heavy atom. The van der Waals surface area contributed by atoms with Crippen molar-refractivity contribution in [2.45, 2.75) is 103 Å². The molecule has 0 aliphatic carbocycles. The summed E-state index contributed by atoms with van der Waals surface area (Å²) in [4.78, 5) is 0. The summed E-state index contributed by atoms with van der Waals surface area (Å²) in [5, 5.41) is 0. The van der Waals surface area contributed by atoms with E-state index in [2.05, 4.69) is 13.8 Å². The quantitative estimate of drug-likeness (QED) is 0.170. The van der Waals surface area contributed by atoms with Gasteiger partial charge < -0.3 is 9.47 Å². The molecule has 3 aromatic rings. The van der Waals surface area contributed by atoms with Crippen molar-refractivity contribution in [1.82, 2.24) is 0 Å². The minimum Gasteiger partial charge on any atom is -0.352 e. The van der Waals surface area contributed by atoms with Gasteiger partial charge in [-0.05, 0) is 59.6 Å². The van der Waals surface area contributed by atoms with E-state index >= 15 is 8.78 Å². The molecular weight excluding hydrogens is 521 g/mol. The molecular formula is C36H45F3O2. The van der Waals surface area contributed by atoms with Gasteiger partial charge in [-0.25, -0.2) is 13.2 Å². The molecule has 0 bridgehead atoms. The van der Waals surface area contributed by atoms with E-state index in [1.165, 1.54) is 31.7 Å². The molecule has 3 aromatic carbocycles. The number of aryl methyl sites for hydroxylation is 1. The number of ether oxygens (including phenoxy) is 2. The third kappa shape index (κ3) is 8.68. The predicted octanol–water partition coefficient (Wildman–Crippen LogP) is 10.8. The van der Waals surface area contributed by atoms with E-state index < -0.39 is 11.6 Å². The second kappa shape index (κ2) is 16.1. The lowest BCUT2D eigenvalue weighted by molar-refractivity contribution is -0.190. The minimum absolute atomic E-state index is 0.138. The Bertz CT molecular complexity index is 1220. The molecule has 1 saturated heterocycles. The Morgan fingerprint density at radius 1 is 0.634 bits per heavy atom. The van der Waals surface area contributed by atoms with Crippen molar-refractivity contribution in [3.63, 3.8) is 0 Å². The van der Waals surface area contributed by atoms with Gasteiger partial charge in [-0.1, -0.05) is 114 Å². The zero-order chi connectivity index (χ0) is 29.0. The molecule has 222 valence electrons. The Kier molecular flexibility index (Phi) is 12.3. The fourth-order valence-corrected chi connectivity index (χ4v) is 5.61. The molecule has 0 N–H and O–H groups in total. The molecule has 5 heteroatoms. The standard InChI is InChI=1S/C36H45F3O2/c1-3-5-7-8-9-10-12-13-28-19-22-32(36(39)35(28)38)27-17-15-26(16-18-27)29-20-21-31(33(37)23-29)30-24-40-34(41-25-30)14-11-6-4-2/h15-23,30,34H,3-14,24-25H2,1-2H3. The van der Waals surface area contributed by atoms with E-state index in [1.807, 2.05) is 18.2 Å². The van der Waals surface area contributed by atoms with Gasteiger partial charge in [0.15, 0.2) is 17.9 Å². The molecule has 0 amide bonds. The highest BCUT2D eigenvalue weighted by molar-refractivity contribution is 5.71. The van der Waals surface area contributed by atoms with Crippen LogP contribution in [0.2, 0.25) is 0 Å². The van der Waals surface area contributed by atoms with Crippen LogP contribution in [0.5, 0.6) is 0 Å². The molecule has 0 aromatic heterocycles. The molecule has 0 spiro atoms. The summed E-state index contributed by atoms with van der Waals surface area (Å²) in [6.07, 6.45) is 12.6. The summed E-state index contributed by atoms with van der Waals surface area (Å²) < 4.78 is 56.7. The molecule has 0 radical (unpaired) electrons. The molecule has 1 fully saturated rings. The van der Waals surface area contributed by atoms with Gasteiger partial charge in [0, 0.05) is 11.5 Å². The number of hydrogen-bond donors (Lipinski definition) is 0. The third-order valence-electron chi connectivity index (χ3n) is 8.19. The van der Waals surface area contributed by atoms with Crippen LogP contribution in [0.1, 0.15) is 102 Å². The van der Waals surface area contributed by atoms with Gasteiger partial charge in [-0.3, -0.25) is 0 Å². The number of benzene rings is 3. The van der Waals surface area contributed by atoms with Gasteiger partial charge in [0.05, 0.1) is 13.2 Å². The molecule has 41 heavy (non-hydrogen) atoms. The number of rotatable bonds is 15. The van der Waals surface area contributed by atoms with Crippen molar-refractivity contribution in [1.29, 1.82) is 0 Å². The first-order chi connectivity index (χ1) is 20.0. The first-order valence-electron chi connectivity index (χ1n) is 15.6. The minimum atomic E-state index is -0.807. The largest absolute Gasteiger partial charge is 0.352 e. The Hall–Kier alpha value is -2.63. The fraction of sp³-hybridized carbons (Fsp3) is 0.500. The van der Waals surface area contributed by atoms with Crippen molar-refractivity contribution in [2.75, 3.05) is 13.2 Å². The molecule has 4 rings (SSSR count). The topological polar surface area (TPSA) is 18.5 Å². The van der Waals surface area contributed by atoms with E-state index in [4.69, 9.17) is 9.47 Å². The molecule has 0 atom stereocenters. The highest BCUT2D eigenvalue weighted by Gasteiger charge is 2.25. The first kappa shape index (κ1) is 31.3. The SMILES string of the molecule is CCCCCCCCCc1ccc(-c2ccc(-c3ccc(C4COC(CCCCC)OC4)c(F)c3)cc2)c(F)c1F. The van der Waals surface area contributed by atoms with E-state index in [0.29, 0.717) is 36.3 Å². The van der Waals surface area contributed by atoms with Gasteiger partial charge >= 0.3 is 0 Å². The van der Waals surface area contributed by atoms with E-state index in [-0.39, 0.29) is 23.6 Å². The van der Waals surface area contributed by atoms with Crippen LogP contribution in [0.3, 0.4) is 0 Å². The number of halogens is 3. The smallest absolute Gasteiger partial charge is 0.166 e. The zero-order valence-electron chi connectivity index (χ0n) is 24.7. The highest BCUT2D eigenvalue weighted by atomic mass is 19.2. The third-order valence-corrected chi connectivity index (χ3v) is 8.19. The van der Waals surface area contributed by atoms with Crippen LogP contribution in [0.4, 0.5) is 13.2 Å². The molecule has 0 unspecified atom stereocenters. The van der Waals surface area contributed by atoms with E-state index in [0.717, 1.165) is 56.1 Å². The maximum Gasteiger partial charge on any atom is 0.166 e. The van der Waals surface area contributed by atoms with Gasteiger partial charge in [-0.2, -0.15) is 0 Å². The van der Waals surface area contributed by atoms with Gasteiger partial charge in [0.1, 0.15) is 5.82 Å². The van der Waals surface area contributed by atoms with E-state index in [1.54, 1.807) is 30.3 Å². The number of hydrogen-bond acceptors (Lipinski definition) is 2. The van der Waals surface area contributed by atoms with Gasteiger partial charge in [0.2, 0.25) is 0 Å². The Morgan fingerprint density at radius 3 is 1.93 bits per heavy atom. The van der Waals surface area contributed by atoms with Crippen LogP contribution in [-0.2, 0) is 15.9 Å². The van der Waals surface area contributed by atoms with Crippen molar-refractivity contribution in [3.05, 3.63) is 83.2 Å². The number of unbranched alkanes of at least 4 members (excludes halogenated alkanes) is 8. The van der Waals surface area contributed by atoms with Crippen molar-refractivity contribution < 1.29 is 22.6 Å². The van der Waals surface area contributed by atoms with Crippen LogP contribution in [0.25, 0.3) is 22.3 Å². The van der Waals surface area contributed by atoms with Crippen LogP contribution in [0.15, 0.2) is 54.6 Å². The molecule has 1 aliphatic heterocycles. The fourth-order valence-electron chi connectivity index (χ4n) is 5.61. The lowest BCUT2D eigenvalue weighted by Gasteiger charge is -2.30. The highest BCUT2D eigenvalue weighted by Crippen LogP contribution is 2.32. The van der Waals surface area contributed by atoms with Crippen LogP contribution < -0.4 is 0 Å². The molecule has 0 saturated carbocycles. The van der Waals surface area contributed by atoms with Crippen molar-refractivity contribution in [3.8, 4) is 22.3 Å². The summed E-state index contributed by atoms with van der Waals surface area (Å²) >= 11 is 0. The lowest BCUT2D eigenvalue weighted by Crippen LogP contribution is -2.31. The molecule has 1 heterocycles. The van der Waals surface area contributed by atoms with Crippen LogP contribution >= 0.6 is 0 Å². The van der Waals surface area contributed by atoms with Crippen molar-refractivity contribution >= 4 is 0 Å². The average Bonchev–Trinajstić information content (AvgIpc) is 2.99. The maximum absolute atomic E-state index is 15.1. The zero-order valence-corrected chi connectivity index (χ0v) is 24.7. The van der Waals surface area contributed by atoms with Gasteiger partial charge in [-0.15, -0.1) is 0 Å². The summed E-state index contributed by atoms with van der Waals surface area (Å²) in [5.74, 6) is -1.99.